The number of nitrogens with one attached hydrogen (secondary N) is 1. The van der Waals surface area contributed by atoms with Crippen molar-refractivity contribution in [2.24, 2.45) is 17.8 Å². The number of methoxy groups -OCH3 is 6. The standard InChI is InChI=1S/C33H40N2O9.C8H6O4/c1-38-19-7-8-20-21-9-10-35-16-18-13-27(44-32(36)17-11-25(39-2)30(41-4)26(12-17)40-3)31(42-5)28(33(37)43-6)22(18)15-24(35)29(21)34-23(20)14-19;9-7(10)5-1-2-6(4-3-5)8(11)12/h7-8,11-12,14,18,22,24,27-28,31,34H,9-10,13,15-16H2,1-6H3;1-4H,(H,9,10)(H,11,12)/t18-,22+,24-,27-,28+,31+;/m1./s1. The Hall–Kier alpha value is -5.80. The fourth-order valence-electron chi connectivity index (χ4n) is 8.52. The fraction of sp³-hybridized carbons (Fsp3) is 0.415. The molecule has 1 aliphatic carbocycles. The van der Waals surface area contributed by atoms with E-state index in [1.807, 2.05) is 12.1 Å². The lowest BCUT2D eigenvalue weighted by molar-refractivity contribution is -0.176. The van der Waals surface area contributed by atoms with Gasteiger partial charge in [-0.2, -0.15) is 0 Å². The third-order valence-corrected chi connectivity index (χ3v) is 11.1. The molecule has 1 saturated heterocycles. The zero-order chi connectivity index (χ0) is 40.3. The van der Waals surface area contributed by atoms with Gasteiger partial charge in [0.25, 0.3) is 0 Å². The number of rotatable bonds is 10. The quantitative estimate of drug-likeness (QED) is 0.177. The Balaban J connectivity index is 0.000000380. The topological polar surface area (TPSA) is 192 Å². The SMILES string of the molecule is COC(=O)[C@H]1[C@H]2C[C@@H]3c4[nH]c5cc(OC)ccc5c4CCN3C[C@H]2C[C@@H](OC(=O)c2cc(OC)c(OC)c(OC)c2)[C@@H]1OC.O=C(O)c1ccc(C(=O)O)cc1. The number of ether oxygens (including phenoxy) is 7. The van der Waals surface area contributed by atoms with Crippen LogP contribution in [-0.2, 0) is 25.4 Å². The van der Waals surface area contributed by atoms with Crippen molar-refractivity contribution in [1.29, 1.82) is 0 Å². The lowest BCUT2D eigenvalue weighted by atomic mass is 9.63. The van der Waals surface area contributed by atoms with E-state index >= 15 is 0 Å². The van der Waals surface area contributed by atoms with Crippen molar-refractivity contribution in [3.05, 3.63) is 82.5 Å². The highest BCUT2D eigenvalue weighted by Crippen LogP contribution is 2.51. The summed E-state index contributed by atoms with van der Waals surface area (Å²) in [6.45, 7) is 1.68. The minimum absolute atomic E-state index is 0.0170. The summed E-state index contributed by atoms with van der Waals surface area (Å²) in [5.41, 5.74) is 3.99. The monoisotopic (exact) mass is 774 g/mol. The molecule has 0 unspecified atom stereocenters. The van der Waals surface area contributed by atoms with E-state index in [-0.39, 0.29) is 40.5 Å². The van der Waals surface area contributed by atoms with Crippen molar-refractivity contribution in [1.82, 2.24) is 9.88 Å². The number of esters is 2. The largest absolute Gasteiger partial charge is 0.497 e. The van der Waals surface area contributed by atoms with Crippen molar-refractivity contribution in [2.45, 2.75) is 37.5 Å². The number of hydrogen-bond acceptors (Lipinski definition) is 12. The van der Waals surface area contributed by atoms with E-state index in [0.29, 0.717) is 23.7 Å². The van der Waals surface area contributed by atoms with Gasteiger partial charge in [0.05, 0.1) is 64.2 Å². The molecular weight excluding hydrogens is 728 g/mol. The van der Waals surface area contributed by atoms with E-state index in [1.54, 1.807) is 26.4 Å². The van der Waals surface area contributed by atoms with Gasteiger partial charge in [0.15, 0.2) is 11.5 Å². The van der Waals surface area contributed by atoms with Crippen LogP contribution in [0.15, 0.2) is 54.6 Å². The first-order valence-electron chi connectivity index (χ1n) is 18.1. The molecule has 298 valence electrons. The van der Waals surface area contributed by atoms with Crippen LogP contribution < -0.4 is 18.9 Å². The zero-order valence-corrected chi connectivity index (χ0v) is 32.0. The molecule has 0 amide bonds. The average Bonchev–Trinajstić information content (AvgIpc) is 3.60. The third-order valence-electron chi connectivity index (χ3n) is 11.1. The smallest absolute Gasteiger partial charge is 0.338 e. The van der Waals surface area contributed by atoms with E-state index < -0.39 is 36.0 Å². The molecule has 3 N–H and O–H groups in total. The second-order valence-corrected chi connectivity index (χ2v) is 13.9. The predicted octanol–water partition coefficient (Wildman–Crippen LogP) is 5.25. The number of aromatic carboxylic acids is 2. The summed E-state index contributed by atoms with van der Waals surface area (Å²) in [5.74, 6) is -1.69. The number of carbonyl (C=O) groups is 4. The minimum atomic E-state index is -1.06. The summed E-state index contributed by atoms with van der Waals surface area (Å²) < 4.78 is 39.1. The average molecular weight is 775 g/mol. The fourth-order valence-corrected chi connectivity index (χ4v) is 8.52. The molecule has 0 bridgehead atoms. The van der Waals surface area contributed by atoms with Gasteiger partial charge in [-0.1, -0.05) is 0 Å². The second kappa shape index (κ2) is 16.9. The second-order valence-electron chi connectivity index (χ2n) is 13.9. The number of carboxylic acid groups (broad SMARTS) is 2. The van der Waals surface area contributed by atoms with Crippen molar-refractivity contribution < 1.29 is 62.5 Å². The van der Waals surface area contributed by atoms with Crippen molar-refractivity contribution in [3.8, 4) is 23.0 Å². The van der Waals surface area contributed by atoms with Crippen LogP contribution in [0.3, 0.4) is 0 Å². The maximum atomic E-state index is 13.5. The number of H-pyrrole nitrogens is 1. The van der Waals surface area contributed by atoms with Gasteiger partial charge in [-0.05, 0) is 85.2 Å². The van der Waals surface area contributed by atoms with Gasteiger partial charge in [-0.25, -0.2) is 14.4 Å². The third kappa shape index (κ3) is 7.69. The molecule has 7 rings (SSSR count). The summed E-state index contributed by atoms with van der Waals surface area (Å²) in [7, 11) is 9.10. The van der Waals surface area contributed by atoms with Crippen LogP contribution in [0, 0.1) is 17.8 Å². The summed E-state index contributed by atoms with van der Waals surface area (Å²) >= 11 is 0. The Morgan fingerprint density at radius 1 is 0.768 bits per heavy atom. The van der Waals surface area contributed by atoms with Gasteiger partial charge >= 0.3 is 23.9 Å². The molecule has 2 fully saturated rings. The molecule has 3 heterocycles. The Morgan fingerprint density at radius 2 is 1.41 bits per heavy atom. The molecule has 3 aromatic carbocycles. The van der Waals surface area contributed by atoms with Gasteiger partial charge in [-0.15, -0.1) is 0 Å². The van der Waals surface area contributed by atoms with Gasteiger partial charge in [0, 0.05) is 42.9 Å². The van der Waals surface area contributed by atoms with Gasteiger partial charge in [0.1, 0.15) is 18.0 Å². The molecule has 56 heavy (non-hydrogen) atoms. The molecule has 0 radical (unpaired) electrons. The van der Waals surface area contributed by atoms with Crippen molar-refractivity contribution in [3.63, 3.8) is 0 Å². The van der Waals surface area contributed by atoms with Crippen LogP contribution in [-0.4, -0.2) is 112 Å². The highest BCUT2D eigenvalue weighted by Gasteiger charge is 2.54. The summed E-state index contributed by atoms with van der Waals surface area (Å²) in [4.78, 5) is 53.8. The van der Waals surface area contributed by atoms with Crippen LogP contribution in [0.1, 0.15) is 61.2 Å². The van der Waals surface area contributed by atoms with Gasteiger partial charge < -0.3 is 48.4 Å². The zero-order valence-electron chi connectivity index (χ0n) is 32.0. The number of carbonyl (C=O) groups excluding carboxylic acids is 2. The van der Waals surface area contributed by atoms with Crippen LogP contribution in [0.5, 0.6) is 23.0 Å². The van der Waals surface area contributed by atoms with Crippen LogP contribution in [0.4, 0.5) is 0 Å². The Bertz CT molecular complexity index is 2040. The van der Waals surface area contributed by atoms with E-state index in [1.165, 1.54) is 69.3 Å². The highest BCUT2D eigenvalue weighted by molar-refractivity contribution is 5.92. The normalized spacial score (nSPS) is 22.5. The highest BCUT2D eigenvalue weighted by atomic mass is 16.6. The molecular formula is C41H46N2O13. The van der Waals surface area contributed by atoms with Gasteiger partial charge in [-0.3, -0.25) is 9.69 Å². The van der Waals surface area contributed by atoms with Crippen LogP contribution >= 0.6 is 0 Å². The first-order valence-corrected chi connectivity index (χ1v) is 18.1. The number of aromatic amines is 1. The number of hydrogen-bond donors (Lipinski definition) is 3. The predicted molar refractivity (Wildman–Crippen MR) is 201 cm³/mol. The number of fused-ring (bicyclic) bond motifs is 6. The molecule has 1 aromatic heterocycles. The molecule has 4 aromatic rings. The summed E-state index contributed by atoms with van der Waals surface area (Å²) in [6, 6.07) is 14.4. The number of piperidine rings is 1. The lowest BCUT2D eigenvalue weighted by Crippen LogP contribution is -2.58. The molecule has 0 spiro atoms. The lowest BCUT2D eigenvalue weighted by Gasteiger charge is -2.52. The van der Waals surface area contributed by atoms with Gasteiger partial charge in [0.2, 0.25) is 5.75 Å². The molecule has 6 atom stereocenters. The molecule has 15 heteroatoms. The molecule has 3 aliphatic rings. The maximum absolute atomic E-state index is 13.5. The maximum Gasteiger partial charge on any atom is 0.338 e. The van der Waals surface area contributed by atoms with Crippen molar-refractivity contribution >= 4 is 34.8 Å². The number of nitrogens with zero attached hydrogens (tertiary/aromatic N) is 1. The van der Waals surface area contributed by atoms with E-state index in [9.17, 15) is 19.2 Å². The number of carboxylic acids is 2. The minimum Gasteiger partial charge on any atom is -0.497 e. The molecule has 2 aliphatic heterocycles. The van der Waals surface area contributed by atoms with Crippen LogP contribution in [0.25, 0.3) is 10.9 Å². The summed E-state index contributed by atoms with van der Waals surface area (Å²) in [6.07, 6.45) is 0.920. The molecule has 1 saturated carbocycles. The van der Waals surface area contributed by atoms with E-state index in [0.717, 1.165) is 37.2 Å². The number of benzene rings is 3. The summed E-state index contributed by atoms with van der Waals surface area (Å²) in [5, 5.41) is 18.1. The van der Waals surface area contributed by atoms with E-state index in [2.05, 4.69) is 16.0 Å². The first kappa shape index (κ1) is 39.9. The van der Waals surface area contributed by atoms with Crippen molar-refractivity contribution in [2.75, 3.05) is 55.7 Å². The Labute approximate surface area is 323 Å². The Morgan fingerprint density at radius 3 is 1.95 bits per heavy atom. The van der Waals surface area contributed by atoms with Crippen LogP contribution in [0.2, 0.25) is 0 Å². The number of aromatic nitrogens is 1. The Kier molecular flexibility index (Phi) is 12.0. The first-order chi connectivity index (χ1) is 27.0. The van der Waals surface area contributed by atoms with E-state index in [4.69, 9.17) is 43.4 Å². The molecule has 15 nitrogen and oxygen atoms in total.